The van der Waals surface area contributed by atoms with E-state index in [-0.39, 0.29) is 6.61 Å². The van der Waals surface area contributed by atoms with Gasteiger partial charge in [-0.15, -0.1) is 0 Å². The maximum Gasteiger partial charge on any atom is 0.119 e. The second-order valence-electron chi connectivity index (χ2n) is 6.65. The molecule has 1 N–H and O–H groups in total. The number of ether oxygens (including phenoxy) is 2. The van der Waals surface area contributed by atoms with E-state index in [1.807, 2.05) is 24.3 Å². The van der Waals surface area contributed by atoms with Gasteiger partial charge in [0, 0.05) is 19.1 Å². The highest BCUT2D eigenvalue weighted by Crippen LogP contribution is 2.17. The van der Waals surface area contributed by atoms with E-state index in [9.17, 15) is 5.11 Å². The number of methoxy groups -OCH3 is 1. The average Bonchev–Trinajstić information content (AvgIpc) is 2.61. The fourth-order valence-corrected chi connectivity index (χ4v) is 2.57. The van der Waals surface area contributed by atoms with Crippen LogP contribution in [0.3, 0.4) is 0 Å². The summed E-state index contributed by atoms with van der Waals surface area (Å²) in [6, 6.07) is 16.3. The minimum absolute atomic E-state index is 0.267. The SMILES string of the molecule is COc1ccc(OC[C@@H](O)CN(Cc2ccc(C)cc2)C(C)C)cc1. The molecule has 0 spiro atoms. The Kier molecular flexibility index (Phi) is 7.29. The van der Waals surface area contributed by atoms with Crippen LogP contribution in [0.2, 0.25) is 0 Å². The van der Waals surface area contributed by atoms with Crippen LogP contribution in [-0.2, 0) is 6.54 Å². The minimum atomic E-state index is -0.546. The second-order valence-corrected chi connectivity index (χ2v) is 6.65. The van der Waals surface area contributed by atoms with Crippen molar-refractivity contribution in [2.75, 3.05) is 20.3 Å². The Balaban J connectivity index is 1.86. The Hall–Kier alpha value is -2.04. The minimum Gasteiger partial charge on any atom is -0.497 e. The molecule has 2 aromatic rings. The van der Waals surface area contributed by atoms with Crippen molar-refractivity contribution in [3.05, 3.63) is 59.7 Å². The Labute approximate surface area is 151 Å². The fourth-order valence-electron chi connectivity index (χ4n) is 2.57. The smallest absolute Gasteiger partial charge is 0.119 e. The van der Waals surface area contributed by atoms with Crippen LogP contribution < -0.4 is 9.47 Å². The van der Waals surface area contributed by atoms with Gasteiger partial charge >= 0.3 is 0 Å². The van der Waals surface area contributed by atoms with Crippen LogP contribution in [-0.4, -0.2) is 42.4 Å². The highest BCUT2D eigenvalue weighted by atomic mass is 16.5. The molecule has 2 rings (SSSR count). The first kappa shape index (κ1) is 19.3. The van der Waals surface area contributed by atoms with Crippen LogP contribution >= 0.6 is 0 Å². The van der Waals surface area contributed by atoms with E-state index in [4.69, 9.17) is 9.47 Å². The molecule has 0 aliphatic heterocycles. The van der Waals surface area contributed by atoms with Gasteiger partial charge in [-0.25, -0.2) is 0 Å². The van der Waals surface area contributed by atoms with Crippen LogP contribution in [0.5, 0.6) is 11.5 Å². The van der Waals surface area contributed by atoms with E-state index >= 15 is 0 Å². The molecule has 0 unspecified atom stereocenters. The standard InChI is InChI=1S/C21H29NO3/c1-16(2)22(13-18-7-5-17(3)6-8-18)14-19(23)15-25-21-11-9-20(24-4)10-12-21/h5-12,16,19,23H,13-15H2,1-4H3/t19-/m0/s1. The first-order valence-electron chi connectivity index (χ1n) is 8.72. The van der Waals surface area contributed by atoms with E-state index in [0.717, 1.165) is 18.0 Å². The van der Waals surface area contributed by atoms with Crippen molar-refractivity contribution in [3.8, 4) is 11.5 Å². The van der Waals surface area contributed by atoms with Crippen LogP contribution in [0.25, 0.3) is 0 Å². The molecule has 136 valence electrons. The maximum absolute atomic E-state index is 10.4. The molecule has 0 amide bonds. The molecule has 0 saturated carbocycles. The van der Waals surface area contributed by atoms with E-state index in [0.29, 0.717) is 12.6 Å². The highest BCUT2D eigenvalue weighted by molar-refractivity contribution is 5.31. The second kappa shape index (κ2) is 9.44. The summed E-state index contributed by atoms with van der Waals surface area (Å²) in [7, 11) is 1.63. The number of hydrogen-bond donors (Lipinski definition) is 1. The summed E-state index contributed by atoms with van der Waals surface area (Å²) in [6.07, 6.45) is -0.546. The van der Waals surface area contributed by atoms with Gasteiger partial charge in [-0.2, -0.15) is 0 Å². The lowest BCUT2D eigenvalue weighted by molar-refractivity contribution is 0.0543. The van der Waals surface area contributed by atoms with Crippen LogP contribution in [0.4, 0.5) is 0 Å². The van der Waals surface area contributed by atoms with Crippen LogP contribution in [0, 0.1) is 6.92 Å². The third-order valence-corrected chi connectivity index (χ3v) is 4.18. The van der Waals surface area contributed by atoms with Gasteiger partial charge in [-0.1, -0.05) is 29.8 Å². The molecule has 0 bridgehead atoms. The Morgan fingerprint density at radius 1 is 0.960 bits per heavy atom. The first-order valence-corrected chi connectivity index (χ1v) is 8.72. The molecule has 0 saturated heterocycles. The van der Waals surface area contributed by atoms with Gasteiger partial charge in [0.05, 0.1) is 7.11 Å². The molecule has 4 nitrogen and oxygen atoms in total. The van der Waals surface area contributed by atoms with Gasteiger partial charge in [0.15, 0.2) is 0 Å². The third-order valence-electron chi connectivity index (χ3n) is 4.18. The quantitative estimate of drug-likeness (QED) is 0.754. The average molecular weight is 343 g/mol. The number of aryl methyl sites for hydroxylation is 1. The van der Waals surface area contributed by atoms with Gasteiger partial charge in [0.1, 0.15) is 24.2 Å². The summed E-state index contributed by atoms with van der Waals surface area (Å²) in [5, 5.41) is 10.4. The molecule has 4 heteroatoms. The molecular formula is C21H29NO3. The molecule has 25 heavy (non-hydrogen) atoms. The zero-order valence-electron chi connectivity index (χ0n) is 15.6. The molecule has 0 fully saturated rings. The van der Waals surface area contributed by atoms with Crippen molar-refractivity contribution in [1.82, 2.24) is 4.90 Å². The number of aliphatic hydroxyl groups excluding tert-OH is 1. The molecule has 0 radical (unpaired) electrons. The van der Waals surface area contributed by atoms with Gasteiger partial charge < -0.3 is 14.6 Å². The third kappa shape index (κ3) is 6.40. The monoisotopic (exact) mass is 343 g/mol. The van der Waals surface area contributed by atoms with E-state index in [1.165, 1.54) is 11.1 Å². The van der Waals surface area contributed by atoms with Crippen LogP contribution in [0.1, 0.15) is 25.0 Å². The van der Waals surface area contributed by atoms with Crippen molar-refractivity contribution in [2.45, 2.75) is 39.5 Å². The largest absolute Gasteiger partial charge is 0.497 e. The zero-order chi connectivity index (χ0) is 18.2. The first-order chi connectivity index (χ1) is 12.0. The zero-order valence-corrected chi connectivity index (χ0v) is 15.6. The summed E-state index contributed by atoms with van der Waals surface area (Å²) in [4.78, 5) is 2.26. The lowest BCUT2D eigenvalue weighted by Crippen LogP contribution is -2.39. The molecule has 0 aliphatic rings. The number of aliphatic hydroxyl groups is 1. The predicted molar refractivity (Wildman–Crippen MR) is 101 cm³/mol. The van der Waals surface area contributed by atoms with Gasteiger partial charge in [0.2, 0.25) is 0 Å². The Morgan fingerprint density at radius 3 is 2.12 bits per heavy atom. The summed E-state index contributed by atoms with van der Waals surface area (Å²) >= 11 is 0. The number of nitrogens with zero attached hydrogens (tertiary/aromatic N) is 1. The summed E-state index contributed by atoms with van der Waals surface area (Å²) in [6.45, 7) is 8.03. The molecule has 0 aromatic heterocycles. The molecule has 0 heterocycles. The molecular weight excluding hydrogens is 314 g/mol. The molecule has 0 aliphatic carbocycles. The fraction of sp³-hybridized carbons (Fsp3) is 0.429. The topological polar surface area (TPSA) is 41.9 Å². The summed E-state index contributed by atoms with van der Waals surface area (Å²) < 4.78 is 10.8. The predicted octanol–water partition coefficient (Wildman–Crippen LogP) is 3.65. The summed E-state index contributed by atoms with van der Waals surface area (Å²) in [5.74, 6) is 1.52. The molecule has 2 aromatic carbocycles. The van der Waals surface area contributed by atoms with E-state index in [1.54, 1.807) is 7.11 Å². The van der Waals surface area contributed by atoms with Gasteiger partial charge in [-0.3, -0.25) is 4.90 Å². The van der Waals surface area contributed by atoms with Crippen LogP contribution in [0.15, 0.2) is 48.5 Å². The van der Waals surface area contributed by atoms with E-state index in [2.05, 4.69) is 49.9 Å². The Bertz CT molecular complexity index is 623. The number of rotatable bonds is 9. The van der Waals surface area contributed by atoms with Crippen molar-refractivity contribution in [3.63, 3.8) is 0 Å². The normalized spacial score (nSPS) is 12.4. The highest BCUT2D eigenvalue weighted by Gasteiger charge is 2.16. The van der Waals surface area contributed by atoms with E-state index < -0.39 is 6.10 Å². The number of benzene rings is 2. The molecule has 1 atom stereocenters. The van der Waals surface area contributed by atoms with Crippen molar-refractivity contribution >= 4 is 0 Å². The maximum atomic E-state index is 10.4. The van der Waals surface area contributed by atoms with Gasteiger partial charge in [0.25, 0.3) is 0 Å². The number of hydrogen-bond acceptors (Lipinski definition) is 4. The lowest BCUT2D eigenvalue weighted by Gasteiger charge is -2.29. The van der Waals surface area contributed by atoms with Crippen molar-refractivity contribution < 1.29 is 14.6 Å². The van der Waals surface area contributed by atoms with Gasteiger partial charge in [-0.05, 0) is 50.6 Å². The Morgan fingerprint density at radius 2 is 1.56 bits per heavy atom. The lowest BCUT2D eigenvalue weighted by atomic mass is 10.1. The van der Waals surface area contributed by atoms with Crippen molar-refractivity contribution in [1.29, 1.82) is 0 Å². The van der Waals surface area contributed by atoms with Crippen molar-refractivity contribution in [2.24, 2.45) is 0 Å². The summed E-state index contributed by atoms with van der Waals surface area (Å²) in [5.41, 5.74) is 2.51.